The molecule has 1 unspecified atom stereocenters. The van der Waals surface area contributed by atoms with Crippen molar-refractivity contribution in [2.45, 2.75) is 19.1 Å². The van der Waals surface area contributed by atoms with Gasteiger partial charge in [-0.25, -0.2) is 9.59 Å². The van der Waals surface area contributed by atoms with Crippen molar-refractivity contribution in [3.05, 3.63) is 107 Å². The molecule has 1 N–H and O–H groups in total. The van der Waals surface area contributed by atoms with Crippen molar-refractivity contribution in [1.29, 1.82) is 0 Å². The first-order valence-electron chi connectivity index (χ1n) is 10.2. The zero-order valence-corrected chi connectivity index (χ0v) is 17.5. The molecule has 0 radical (unpaired) electrons. The standard InChI is InChI=1S/C25H20N2O6/c28-22-19-13-7-8-14-20(19)23(29)27(22)33-24(30)21(15-17-9-3-1-4-10-17)26-25(31)32-16-18-11-5-2-6-12-18/h1-14,21H,15-16H2,(H,26,31). The summed E-state index contributed by atoms with van der Waals surface area (Å²) in [5.41, 5.74) is 1.81. The van der Waals surface area contributed by atoms with Gasteiger partial charge >= 0.3 is 12.1 Å². The topological polar surface area (TPSA) is 102 Å². The van der Waals surface area contributed by atoms with E-state index in [1.54, 1.807) is 48.5 Å². The second kappa shape index (κ2) is 9.78. The number of fused-ring (bicyclic) bond motifs is 1. The number of hydroxylamine groups is 2. The smallest absolute Gasteiger partial charge is 0.408 e. The van der Waals surface area contributed by atoms with Crippen molar-refractivity contribution in [3.8, 4) is 0 Å². The van der Waals surface area contributed by atoms with Crippen LogP contribution in [0.1, 0.15) is 31.8 Å². The van der Waals surface area contributed by atoms with E-state index in [9.17, 15) is 19.2 Å². The Labute approximate surface area is 189 Å². The van der Waals surface area contributed by atoms with Crippen LogP contribution in [0.3, 0.4) is 0 Å². The molecule has 1 aliphatic heterocycles. The predicted octanol–water partition coefficient (Wildman–Crippen LogP) is 3.28. The highest BCUT2D eigenvalue weighted by atomic mass is 16.7. The van der Waals surface area contributed by atoms with Gasteiger partial charge in [0.1, 0.15) is 12.6 Å². The summed E-state index contributed by atoms with van der Waals surface area (Å²) in [7, 11) is 0. The molecule has 0 fully saturated rings. The highest BCUT2D eigenvalue weighted by Crippen LogP contribution is 2.23. The molecule has 33 heavy (non-hydrogen) atoms. The Kier molecular flexibility index (Phi) is 6.45. The first kappa shape index (κ1) is 21.8. The third-order valence-corrected chi connectivity index (χ3v) is 5.01. The lowest BCUT2D eigenvalue weighted by Crippen LogP contribution is -2.46. The molecule has 3 amide bonds. The molecule has 1 heterocycles. The fraction of sp³-hybridized carbons (Fsp3) is 0.120. The Morgan fingerprint density at radius 1 is 0.758 bits per heavy atom. The van der Waals surface area contributed by atoms with Crippen molar-refractivity contribution in [1.82, 2.24) is 10.4 Å². The van der Waals surface area contributed by atoms with E-state index in [-0.39, 0.29) is 24.2 Å². The second-order valence-corrected chi connectivity index (χ2v) is 7.31. The third-order valence-electron chi connectivity index (χ3n) is 5.01. The van der Waals surface area contributed by atoms with Crippen molar-refractivity contribution in [2.24, 2.45) is 0 Å². The number of carbonyl (C=O) groups is 4. The van der Waals surface area contributed by atoms with E-state index in [2.05, 4.69) is 5.32 Å². The van der Waals surface area contributed by atoms with Gasteiger partial charge in [0.25, 0.3) is 11.8 Å². The Morgan fingerprint density at radius 3 is 1.85 bits per heavy atom. The van der Waals surface area contributed by atoms with E-state index < -0.39 is 29.9 Å². The van der Waals surface area contributed by atoms with Crippen LogP contribution in [-0.2, 0) is 27.4 Å². The van der Waals surface area contributed by atoms with Gasteiger partial charge in [-0.3, -0.25) is 9.59 Å². The molecule has 4 rings (SSSR count). The number of benzene rings is 3. The minimum absolute atomic E-state index is 0.0121. The molecule has 0 saturated carbocycles. The monoisotopic (exact) mass is 444 g/mol. The fourth-order valence-electron chi connectivity index (χ4n) is 3.35. The zero-order chi connectivity index (χ0) is 23.2. The fourth-order valence-corrected chi connectivity index (χ4v) is 3.35. The van der Waals surface area contributed by atoms with Gasteiger partial charge in [0.05, 0.1) is 11.1 Å². The molecule has 8 heteroatoms. The van der Waals surface area contributed by atoms with Crippen LogP contribution in [0.25, 0.3) is 0 Å². The van der Waals surface area contributed by atoms with Crippen LogP contribution < -0.4 is 5.32 Å². The number of hydrogen-bond acceptors (Lipinski definition) is 6. The molecule has 0 aliphatic carbocycles. The second-order valence-electron chi connectivity index (χ2n) is 7.31. The van der Waals surface area contributed by atoms with E-state index in [4.69, 9.17) is 9.57 Å². The van der Waals surface area contributed by atoms with Crippen molar-refractivity contribution in [3.63, 3.8) is 0 Å². The number of rotatable bonds is 7. The molecule has 166 valence electrons. The Bertz CT molecular complexity index is 1140. The summed E-state index contributed by atoms with van der Waals surface area (Å²) >= 11 is 0. The number of nitrogens with one attached hydrogen (secondary N) is 1. The molecule has 0 bridgehead atoms. The van der Waals surface area contributed by atoms with E-state index in [0.717, 1.165) is 11.1 Å². The number of imide groups is 1. The van der Waals surface area contributed by atoms with Crippen molar-refractivity contribution in [2.75, 3.05) is 0 Å². The van der Waals surface area contributed by atoms with Crippen molar-refractivity contribution < 1.29 is 28.8 Å². The molecule has 0 aromatic heterocycles. The average molecular weight is 444 g/mol. The quantitative estimate of drug-likeness (QED) is 0.561. The maximum atomic E-state index is 12.9. The summed E-state index contributed by atoms with van der Waals surface area (Å²) in [6.45, 7) is 0.0121. The van der Waals surface area contributed by atoms with E-state index in [1.165, 1.54) is 12.1 Å². The number of ether oxygens (including phenoxy) is 1. The summed E-state index contributed by atoms with van der Waals surface area (Å²) in [6, 6.07) is 23.0. The van der Waals surface area contributed by atoms with Crippen LogP contribution in [0.4, 0.5) is 4.79 Å². The van der Waals surface area contributed by atoms with Gasteiger partial charge in [0.15, 0.2) is 0 Å². The van der Waals surface area contributed by atoms with Crippen molar-refractivity contribution >= 4 is 23.9 Å². The number of alkyl carbamates (subject to hydrolysis) is 1. The molecule has 1 atom stereocenters. The highest BCUT2D eigenvalue weighted by molar-refractivity contribution is 6.20. The van der Waals surface area contributed by atoms with E-state index in [1.807, 2.05) is 24.3 Å². The molecule has 8 nitrogen and oxygen atoms in total. The first-order chi connectivity index (χ1) is 16.0. The van der Waals surface area contributed by atoms with Crippen LogP contribution >= 0.6 is 0 Å². The lowest BCUT2D eigenvalue weighted by molar-refractivity contribution is -0.171. The van der Waals surface area contributed by atoms with Crippen LogP contribution in [-0.4, -0.2) is 35.0 Å². The summed E-state index contributed by atoms with van der Waals surface area (Å²) in [5, 5.41) is 2.89. The lowest BCUT2D eigenvalue weighted by Gasteiger charge is -2.20. The first-order valence-corrected chi connectivity index (χ1v) is 10.2. The molecular weight excluding hydrogens is 424 g/mol. The molecule has 0 spiro atoms. The van der Waals surface area contributed by atoms with E-state index >= 15 is 0 Å². The van der Waals surface area contributed by atoms with Crippen LogP contribution in [0, 0.1) is 0 Å². The predicted molar refractivity (Wildman–Crippen MR) is 117 cm³/mol. The minimum atomic E-state index is -1.19. The van der Waals surface area contributed by atoms with Gasteiger partial charge in [-0.1, -0.05) is 77.9 Å². The van der Waals surface area contributed by atoms with Crippen LogP contribution in [0.2, 0.25) is 0 Å². The minimum Gasteiger partial charge on any atom is -0.445 e. The van der Waals surface area contributed by atoms with Crippen LogP contribution in [0.15, 0.2) is 84.9 Å². The average Bonchev–Trinajstić information content (AvgIpc) is 3.08. The SMILES string of the molecule is O=C(NC(Cc1ccccc1)C(=O)ON1C(=O)c2ccccc2C1=O)OCc1ccccc1. The summed E-state index contributed by atoms with van der Waals surface area (Å²) < 4.78 is 5.20. The van der Waals surface area contributed by atoms with Gasteiger partial charge in [0.2, 0.25) is 0 Å². The summed E-state index contributed by atoms with van der Waals surface area (Å²) in [5.74, 6) is -2.45. The number of hydrogen-bond donors (Lipinski definition) is 1. The normalized spacial score (nSPS) is 13.3. The number of amides is 3. The maximum Gasteiger partial charge on any atom is 0.408 e. The number of nitrogens with zero attached hydrogens (tertiary/aromatic N) is 1. The molecule has 3 aromatic carbocycles. The molecule has 1 aliphatic rings. The highest BCUT2D eigenvalue weighted by Gasteiger charge is 2.40. The van der Waals surface area contributed by atoms with Gasteiger partial charge in [-0.05, 0) is 23.3 Å². The number of carbonyl (C=O) groups excluding carboxylic acids is 4. The van der Waals surface area contributed by atoms with E-state index in [0.29, 0.717) is 5.06 Å². The van der Waals surface area contributed by atoms with Gasteiger partial charge in [-0.2, -0.15) is 0 Å². The summed E-state index contributed by atoms with van der Waals surface area (Å²) in [6.07, 6.45) is -0.761. The Balaban J connectivity index is 1.46. The molecular formula is C25H20N2O6. The summed E-state index contributed by atoms with van der Waals surface area (Å²) in [4.78, 5) is 55.5. The third kappa shape index (κ3) is 5.07. The van der Waals surface area contributed by atoms with Gasteiger partial charge in [0, 0.05) is 6.42 Å². The molecule has 3 aromatic rings. The Hall–Kier alpha value is -4.46. The van der Waals surface area contributed by atoms with Gasteiger partial charge in [-0.15, -0.1) is 0 Å². The van der Waals surface area contributed by atoms with Gasteiger partial charge < -0.3 is 14.9 Å². The molecule has 0 saturated heterocycles. The lowest BCUT2D eigenvalue weighted by atomic mass is 10.1. The Morgan fingerprint density at radius 2 is 1.27 bits per heavy atom. The zero-order valence-electron chi connectivity index (χ0n) is 17.5. The maximum absolute atomic E-state index is 12.9. The largest absolute Gasteiger partial charge is 0.445 e. The van der Waals surface area contributed by atoms with Crippen LogP contribution in [0.5, 0.6) is 0 Å².